The van der Waals surface area contributed by atoms with Crippen molar-refractivity contribution in [1.29, 1.82) is 0 Å². The molecule has 94 valence electrons. The molecule has 18 heavy (non-hydrogen) atoms. The van der Waals surface area contributed by atoms with Crippen molar-refractivity contribution in [2.45, 2.75) is 13.3 Å². The number of aromatic nitrogens is 1. The Morgan fingerprint density at radius 2 is 2.28 bits per heavy atom. The topological polar surface area (TPSA) is 39.2 Å². The molecule has 0 spiro atoms. The maximum Gasteiger partial charge on any atom is 0.172 e. The van der Waals surface area contributed by atoms with Gasteiger partial charge < -0.3 is 4.74 Å². The second-order valence-electron chi connectivity index (χ2n) is 3.80. The van der Waals surface area contributed by atoms with E-state index in [0.29, 0.717) is 17.7 Å². The summed E-state index contributed by atoms with van der Waals surface area (Å²) < 4.78 is 6.11. The van der Waals surface area contributed by atoms with Crippen LogP contribution in [0.1, 0.15) is 21.1 Å². The molecule has 0 radical (unpaired) electrons. The van der Waals surface area contributed by atoms with Crippen LogP contribution in [0, 0.1) is 6.92 Å². The Hall–Kier alpha value is -1.20. The summed E-state index contributed by atoms with van der Waals surface area (Å²) in [5, 5.41) is 2.89. The lowest BCUT2D eigenvalue weighted by molar-refractivity contribution is 0.0989. The van der Waals surface area contributed by atoms with E-state index in [1.807, 2.05) is 18.4 Å². The third kappa shape index (κ3) is 2.97. The number of carbonyl (C=O) groups is 1. The predicted molar refractivity (Wildman–Crippen MR) is 75.6 cm³/mol. The quantitative estimate of drug-likeness (QED) is 0.805. The van der Waals surface area contributed by atoms with Gasteiger partial charge in [-0.2, -0.15) is 0 Å². The predicted octanol–water partition coefficient (Wildman–Crippen LogP) is 3.65. The van der Waals surface area contributed by atoms with Crippen LogP contribution in [0.2, 0.25) is 0 Å². The number of Topliss-reactive ketones (excluding diaryl/α,β-unsaturated/α-hetero) is 1. The first kappa shape index (κ1) is 13.2. The third-order valence-corrected chi connectivity index (χ3v) is 3.79. The smallest absolute Gasteiger partial charge is 0.172 e. The number of thiazole rings is 1. The van der Waals surface area contributed by atoms with Gasteiger partial charge in [-0.1, -0.05) is 15.9 Å². The maximum absolute atomic E-state index is 12.2. The number of aryl methyl sites for hydroxylation is 1. The summed E-state index contributed by atoms with van der Waals surface area (Å²) in [5.41, 5.74) is 1.40. The number of halogens is 1. The average molecular weight is 326 g/mol. The molecule has 0 aliphatic rings. The number of methoxy groups -OCH3 is 1. The van der Waals surface area contributed by atoms with Crippen molar-refractivity contribution >= 4 is 33.0 Å². The molecular weight excluding hydrogens is 314 g/mol. The van der Waals surface area contributed by atoms with Crippen molar-refractivity contribution in [3.63, 3.8) is 0 Å². The van der Waals surface area contributed by atoms with E-state index in [1.54, 1.807) is 30.6 Å². The third-order valence-electron chi connectivity index (χ3n) is 2.47. The Bertz CT molecular complexity index is 580. The molecule has 3 nitrogen and oxygen atoms in total. The molecule has 0 bridgehead atoms. The zero-order chi connectivity index (χ0) is 13.1. The Kier molecular flexibility index (Phi) is 4.14. The van der Waals surface area contributed by atoms with Gasteiger partial charge in [-0.15, -0.1) is 11.3 Å². The summed E-state index contributed by atoms with van der Waals surface area (Å²) in [5.74, 6) is 0.603. The number of rotatable bonds is 4. The summed E-state index contributed by atoms with van der Waals surface area (Å²) in [6.07, 6.45) is 0.308. The summed E-state index contributed by atoms with van der Waals surface area (Å²) in [6.45, 7) is 1.93. The number of ketones is 1. The zero-order valence-corrected chi connectivity index (χ0v) is 12.5. The van der Waals surface area contributed by atoms with Gasteiger partial charge in [0.1, 0.15) is 5.75 Å². The van der Waals surface area contributed by atoms with Gasteiger partial charge in [0.2, 0.25) is 0 Å². The molecule has 0 fully saturated rings. The van der Waals surface area contributed by atoms with Crippen LogP contribution in [0.4, 0.5) is 0 Å². The molecule has 0 aliphatic carbocycles. The molecule has 0 unspecified atom stereocenters. The fourth-order valence-corrected chi connectivity index (χ4v) is 2.60. The molecule has 0 N–H and O–H groups in total. The first-order chi connectivity index (χ1) is 8.60. The minimum Gasteiger partial charge on any atom is -0.496 e. The second kappa shape index (κ2) is 5.63. The van der Waals surface area contributed by atoms with Crippen LogP contribution in [0.15, 0.2) is 28.1 Å². The standard InChI is InChI=1S/C13H12BrNO2S/c1-8-15-10(7-18-8)6-12(16)11-4-3-9(14)5-13(11)17-2/h3-5,7H,6H2,1-2H3. The molecule has 0 saturated carbocycles. The monoisotopic (exact) mass is 325 g/mol. The Morgan fingerprint density at radius 3 is 2.89 bits per heavy atom. The average Bonchev–Trinajstić information content (AvgIpc) is 2.74. The van der Waals surface area contributed by atoms with E-state index in [4.69, 9.17) is 4.74 Å². The number of nitrogens with zero attached hydrogens (tertiary/aromatic N) is 1. The first-order valence-corrected chi connectivity index (χ1v) is 7.05. The van der Waals surface area contributed by atoms with Crippen LogP contribution in [-0.2, 0) is 6.42 Å². The van der Waals surface area contributed by atoms with Crippen LogP contribution in [-0.4, -0.2) is 17.9 Å². The molecule has 0 saturated heterocycles. The van der Waals surface area contributed by atoms with Crippen LogP contribution < -0.4 is 4.74 Å². The lowest BCUT2D eigenvalue weighted by Gasteiger charge is -2.07. The summed E-state index contributed by atoms with van der Waals surface area (Å²) in [6, 6.07) is 5.39. The highest BCUT2D eigenvalue weighted by atomic mass is 79.9. The van der Waals surface area contributed by atoms with E-state index in [9.17, 15) is 4.79 Å². The second-order valence-corrected chi connectivity index (χ2v) is 5.78. The van der Waals surface area contributed by atoms with Gasteiger partial charge in [-0.3, -0.25) is 4.79 Å². The summed E-state index contributed by atoms with van der Waals surface area (Å²) in [4.78, 5) is 16.5. The molecule has 0 atom stereocenters. The fourth-order valence-electron chi connectivity index (χ4n) is 1.64. The SMILES string of the molecule is COc1cc(Br)ccc1C(=O)Cc1csc(C)n1. The van der Waals surface area contributed by atoms with E-state index in [0.717, 1.165) is 15.2 Å². The Labute approximate surface area is 118 Å². The largest absolute Gasteiger partial charge is 0.496 e. The number of benzene rings is 1. The highest BCUT2D eigenvalue weighted by Crippen LogP contribution is 2.25. The lowest BCUT2D eigenvalue weighted by Crippen LogP contribution is -2.06. The number of hydrogen-bond donors (Lipinski definition) is 0. The van der Waals surface area contributed by atoms with E-state index >= 15 is 0 Å². The van der Waals surface area contributed by atoms with Crippen LogP contribution in [0.3, 0.4) is 0 Å². The summed E-state index contributed by atoms with van der Waals surface area (Å²) >= 11 is 4.91. The van der Waals surface area contributed by atoms with Crippen molar-refractivity contribution in [2.75, 3.05) is 7.11 Å². The maximum atomic E-state index is 12.2. The Balaban J connectivity index is 2.23. The van der Waals surface area contributed by atoms with Crippen LogP contribution in [0.25, 0.3) is 0 Å². The first-order valence-electron chi connectivity index (χ1n) is 5.38. The van der Waals surface area contributed by atoms with Gasteiger partial charge in [0, 0.05) is 9.85 Å². The van der Waals surface area contributed by atoms with Crippen molar-refractivity contribution in [3.8, 4) is 5.75 Å². The number of carbonyl (C=O) groups excluding carboxylic acids is 1. The van der Waals surface area contributed by atoms with Gasteiger partial charge in [0.15, 0.2) is 5.78 Å². The van der Waals surface area contributed by atoms with Gasteiger partial charge in [-0.25, -0.2) is 4.98 Å². The highest BCUT2D eigenvalue weighted by Gasteiger charge is 2.14. The van der Waals surface area contributed by atoms with E-state index in [1.165, 1.54) is 0 Å². The van der Waals surface area contributed by atoms with Gasteiger partial charge in [0.25, 0.3) is 0 Å². The molecule has 0 aliphatic heterocycles. The number of ether oxygens (including phenoxy) is 1. The Morgan fingerprint density at radius 1 is 1.50 bits per heavy atom. The molecule has 1 aromatic carbocycles. The van der Waals surface area contributed by atoms with E-state index < -0.39 is 0 Å². The normalized spacial score (nSPS) is 10.4. The summed E-state index contributed by atoms with van der Waals surface area (Å²) in [7, 11) is 1.56. The molecule has 5 heteroatoms. The molecule has 2 rings (SSSR count). The lowest BCUT2D eigenvalue weighted by atomic mass is 10.1. The molecule has 1 aromatic heterocycles. The molecule has 1 heterocycles. The van der Waals surface area contributed by atoms with Crippen LogP contribution >= 0.6 is 27.3 Å². The minimum absolute atomic E-state index is 0.0182. The molecule has 0 amide bonds. The van der Waals surface area contributed by atoms with Crippen molar-refractivity contribution in [1.82, 2.24) is 4.98 Å². The minimum atomic E-state index is 0.0182. The van der Waals surface area contributed by atoms with Gasteiger partial charge in [-0.05, 0) is 25.1 Å². The molecular formula is C13H12BrNO2S. The van der Waals surface area contributed by atoms with Crippen molar-refractivity contribution in [2.24, 2.45) is 0 Å². The van der Waals surface area contributed by atoms with E-state index in [-0.39, 0.29) is 5.78 Å². The molecule has 2 aromatic rings. The zero-order valence-electron chi connectivity index (χ0n) is 10.1. The fraction of sp³-hybridized carbons (Fsp3) is 0.231. The van der Waals surface area contributed by atoms with Crippen molar-refractivity contribution < 1.29 is 9.53 Å². The number of hydrogen-bond acceptors (Lipinski definition) is 4. The van der Waals surface area contributed by atoms with E-state index in [2.05, 4.69) is 20.9 Å². The van der Waals surface area contributed by atoms with Gasteiger partial charge in [0.05, 0.1) is 29.8 Å². The van der Waals surface area contributed by atoms with Gasteiger partial charge >= 0.3 is 0 Å². The van der Waals surface area contributed by atoms with Crippen molar-refractivity contribution in [3.05, 3.63) is 44.3 Å². The van der Waals surface area contributed by atoms with Crippen LogP contribution in [0.5, 0.6) is 5.75 Å². The highest BCUT2D eigenvalue weighted by molar-refractivity contribution is 9.10.